The molecular formula is C16H29ClN2O. The summed E-state index contributed by atoms with van der Waals surface area (Å²) in [5.74, 6) is 1.12. The molecule has 3 nitrogen and oxygen atoms in total. The quantitative estimate of drug-likeness (QED) is 0.852. The molecule has 0 radical (unpaired) electrons. The minimum atomic E-state index is 0. The maximum Gasteiger partial charge on any atom is 0.226 e. The van der Waals surface area contributed by atoms with Gasteiger partial charge in [-0.15, -0.1) is 12.4 Å². The van der Waals surface area contributed by atoms with Crippen LogP contribution in [0.1, 0.15) is 57.8 Å². The SMILES string of the molecule is Cl.NC[C@H]1CCC[C@H]1C(=O)N1CCC2(CCCCC2)C1. The lowest BCUT2D eigenvalue weighted by Gasteiger charge is -2.33. The zero-order chi connectivity index (χ0) is 13.3. The minimum absolute atomic E-state index is 0. The summed E-state index contributed by atoms with van der Waals surface area (Å²) in [7, 11) is 0. The minimum Gasteiger partial charge on any atom is -0.342 e. The average Bonchev–Trinajstić information content (AvgIpc) is 3.06. The second-order valence-corrected chi connectivity index (χ2v) is 7.10. The molecule has 3 rings (SSSR count). The van der Waals surface area contributed by atoms with E-state index in [-0.39, 0.29) is 18.3 Å². The zero-order valence-corrected chi connectivity index (χ0v) is 13.3. The predicted molar refractivity (Wildman–Crippen MR) is 83.8 cm³/mol. The highest BCUT2D eigenvalue weighted by molar-refractivity contribution is 5.85. The Morgan fingerprint density at radius 1 is 1.10 bits per heavy atom. The van der Waals surface area contributed by atoms with Crippen LogP contribution >= 0.6 is 12.4 Å². The van der Waals surface area contributed by atoms with Gasteiger partial charge < -0.3 is 10.6 Å². The van der Waals surface area contributed by atoms with E-state index in [1.807, 2.05) is 0 Å². The van der Waals surface area contributed by atoms with E-state index in [4.69, 9.17) is 5.73 Å². The van der Waals surface area contributed by atoms with Crippen LogP contribution in [0.5, 0.6) is 0 Å². The molecule has 1 spiro atoms. The molecule has 2 N–H and O–H groups in total. The van der Waals surface area contributed by atoms with E-state index in [0.717, 1.165) is 25.9 Å². The maximum atomic E-state index is 12.7. The van der Waals surface area contributed by atoms with Gasteiger partial charge in [-0.05, 0) is 50.0 Å². The zero-order valence-electron chi connectivity index (χ0n) is 12.5. The van der Waals surface area contributed by atoms with Gasteiger partial charge in [0.1, 0.15) is 0 Å². The van der Waals surface area contributed by atoms with Crippen LogP contribution in [0.4, 0.5) is 0 Å². The molecule has 0 bridgehead atoms. The molecule has 0 unspecified atom stereocenters. The van der Waals surface area contributed by atoms with Crippen molar-refractivity contribution in [1.82, 2.24) is 4.90 Å². The van der Waals surface area contributed by atoms with Crippen LogP contribution < -0.4 is 5.73 Å². The molecule has 1 saturated heterocycles. The number of hydrogen-bond donors (Lipinski definition) is 1. The Morgan fingerprint density at radius 3 is 2.55 bits per heavy atom. The molecule has 1 heterocycles. The highest BCUT2D eigenvalue weighted by Crippen LogP contribution is 2.44. The first kappa shape index (κ1) is 16.1. The Labute approximate surface area is 129 Å². The predicted octanol–water partition coefficient (Wildman–Crippen LogP) is 2.97. The molecule has 0 aromatic heterocycles. The van der Waals surface area contributed by atoms with E-state index < -0.39 is 0 Å². The molecule has 2 aliphatic carbocycles. The number of hydrogen-bond acceptors (Lipinski definition) is 2. The van der Waals surface area contributed by atoms with Crippen molar-refractivity contribution in [2.45, 2.75) is 57.8 Å². The van der Waals surface area contributed by atoms with Crippen molar-refractivity contribution >= 4 is 18.3 Å². The van der Waals surface area contributed by atoms with Crippen LogP contribution in [0.3, 0.4) is 0 Å². The van der Waals surface area contributed by atoms with E-state index in [1.54, 1.807) is 0 Å². The first-order valence-electron chi connectivity index (χ1n) is 8.23. The van der Waals surface area contributed by atoms with Gasteiger partial charge in [-0.1, -0.05) is 25.7 Å². The van der Waals surface area contributed by atoms with Gasteiger partial charge >= 0.3 is 0 Å². The first-order valence-corrected chi connectivity index (χ1v) is 8.23. The Hall–Kier alpha value is -0.280. The number of nitrogens with two attached hydrogens (primary N) is 1. The van der Waals surface area contributed by atoms with Gasteiger partial charge in [-0.3, -0.25) is 4.79 Å². The third-order valence-corrected chi connectivity index (χ3v) is 5.94. The number of halogens is 1. The summed E-state index contributed by atoms with van der Waals surface area (Å²) < 4.78 is 0. The van der Waals surface area contributed by atoms with E-state index >= 15 is 0 Å². The number of likely N-dealkylation sites (tertiary alicyclic amines) is 1. The van der Waals surface area contributed by atoms with Crippen molar-refractivity contribution in [3.05, 3.63) is 0 Å². The fraction of sp³-hybridized carbons (Fsp3) is 0.938. The molecule has 116 valence electrons. The lowest BCUT2D eigenvalue weighted by atomic mass is 9.73. The monoisotopic (exact) mass is 300 g/mol. The average molecular weight is 301 g/mol. The fourth-order valence-electron chi connectivity index (χ4n) is 4.71. The molecule has 3 fully saturated rings. The number of carbonyl (C=O) groups excluding carboxylic acids is 1. The summed E-state index contributed by atoms with van der Waals surface area (Å²) in [6.45, 7) is 2.74. The molecule has 0 aromatic rings. The molecule has 1 amide bonds. The highest BCUT2D eigenvalue weighted by atomic mass is 35.5. The van der Waals surface area contributed by atoms with Gasteiger partial charge in [0, 0.05) is 19.0 Å². The molecule has 20 heavy (non-hydrogen) atoms. The van der Waals surface area contributed by atoms with E-state index in [0.29, 0.717) is 23.8 Å². The maximum absolute atomic E-state index is 12.7. The van der Waals surface area contributed by atoms with Crippen molar-refractivity contribution in [2.75, 3.05) is 19.6 Å². The van der Waals surface area contributed by atoms with Crippen molar-refractivity contribution in [3.63, 3.8) is 0 Å². The van der Waals surface area contributed by atoms with E-state index in [1.165, 1.54) is 44.9 Å². The summed E-state index contributed by atoms with van der Waals surface area (Å²) in [6.07, 6.45) is 11.5. The molecule has 3 aliphatic rings. The molecule has 4 heteroatoms. The van der Waals surface area contributed by atoms with Crippen molar-refractivity contribution in [2.24, 2.45) is 23.0 Å². The summed E-state index contributed by atoms with van der Waals surface area (Å²) in [5.41, 5.74) is 6.32. The number of nitrogens with zero attached hydrogens (tertiary/aromatic N) is 1. The number of carbonyl (C=O) groups is 1. The van der Waals surface area contributed by atoms with Crippen LogP contribution in [0.25, 0.3) is 0 Å². The van der Waals surface area contributed by atoms with Crippen molar-refractivity contribution in [1.29, 1.82) is 0 Å². The second-order valence-electron chi connectivity index (χ2n) is 7.10. The van der Waals surface area contributed by atoms with E-state index in [9.17, 15) is 4.79 Å². The lowest BCUT2D eigenvalue weighted by Crippen LogP contribution is -2.39. The molecule has 1 aliphatic heterocycles. The van der Waals surface area contributed by atoms with Gasteiger partial charge in [-0.25, -0.2) is 0 Å². The van der Waals surface area contributed by atoms with Crippen LogP contribution in [0.15, 0.2) is 0 Å². The van der Waals surface area contributed by atoms with Crippen LogP contribution in [-0.4, -0.2) is 30.4 Å². The molecule has 2 atom stereocenters. The Morgan fingerprint density at radius 2 is 1.85 bits per heavy atom. The standard InChI is InChI=1S/C16H28N2O.ClH/c17-11-13-5-4-6-14(13)15(19)18-10-9-16(12-18)7-2-1-3-8-16;/h13-14H,1-12,17H2;1H/t13-,14-;/m1./s1. The first-order chi connectivity index (χ1) is 9.24. The van der Waals surface area contributed by atoms with Crippen LogP contribution in [0, 0.1) is 17.3 Å². The number of amides is 1. The van der Waals surface area contributed by atoms with Crippen molar-refractivity contribution < 1.29 is 4.79 Å². The summed E-state index contributed by atoms with van der Waals surface area (Å²) >= 11 is 0. The topological polar surface area (TPSA) is 46.3 Å². The van der Waals surface area contributed by atoms with Gasteiger partial charge in [0.2, 0.25) is 5.91 Å². The summed E-state index contributed by atoms with van der Waals surface area (Å²) in [4.78, 5) is 14.9. The normalized spacial score (nSPS) is 32.4. The molecule has 2 saturated carbocycles. The summed E-state index contributed by atoms with van der Waals surface area (Å²) in [5, 5.41) is 0. The fourth-order valence-corrected chi connectivity index (χ4v) is 4.71. The largest absolute Gasteiger partial charge is 0.342 e. The Kier molecular flexibility index (Phi) is 5.36. The van der Waals surface area contributed by atoms with Crippen LogP contribution in [-0.2, 0) is 4.79 Å². The lowest BCUT2D eigenvalue weighted by molar-refractivity contribution is -0.136. The Balaban J connectivity index is 0.00000147. The van der Waals surface area contributed by atoms with Crippen LogP contribution in [0.2, 0.25) is 0 Å². The molecule has 0 aromatic carbocycles. The third kappa shape index (κ3) is 2.99. The van der Waals surface area contributed by atoms with Gasteiger partial charge in [-0.2, -0.15) is 0 Å². The van der Waals surface area contributed by atoms with Gasteiger partial charge in [0.05, 0.1) is 0 Å². The number of rotatable bonds is 2. The van der Waals surface area contributed by atoms with Crippen molar-refractivity contribution in [3.8, 4) is 0 Å². The highest BCUT2D eigenvalue weighted by Gasteiger charge is 2.43. The van der Waals surface area contributed by atoms with E-state index in [2.05, 4.69) is 4.90 Å². The van der Waals surface area contributed by atoms with Gasteiger partial charge in [0.15, 0.2) is 0 Å². The molecular weight excluding hydrogens is 272 g/mol. The third-order valence-electron chi connectivity index (χ3n) is 5.94. The summed E-state index contributed by atoms with van der Waals surface area (Å²) in [6, 6.07) is 0. The van der Waals surface area contributed by atoms with Gasteiger partial charge in [0.25, 0.3) is 0 Å². The second kappa shape index (κ2) is 6.65. The Bertz CT molecular complexity index is 341. The smallest absolute Gasteiger partial charge is 0.226 e.